The van der Waals surface area contributed by atoms with Gasteiger partial charge in [-0.2, -0.15) is 0 Å². The number of hydrogen-bond acceptors (Lipinski definition) is 4. The lowest BCUT2D eigenvalue weighted by Gasteiger charge is -2.58. The predicted octanol–water partition coefficient (Wildman–Crippen LogP) is 3.24. The van der Waals surface area contributed by atoms with Gasteiger partial charge in [-0.25, -0.2) is 9.18 Å². The first kappa shape index (κ1) is 20.1. The number of hydrogen-bond donors (Lipinski definition) is 2. The number of anilines is 2. The molecule has 3 amide bonds. The van der Waals surface area contributed by atoms with Crippen LogP contribution in [-0.4, -0.2) is 52.2 Å². The zero-order valence-corrected chi connectivity index (χ0v) is 17.1. The molecule has 2 aliphatic heterocycles. The Labute approximate surface area is 184 Å². The molecule has 2 aliphatic rings. The normalized spacial score (nSPS) is 21.2. The monoisotopic (exact) mass is 432 g/mol. The topological polar surface area (TPSA) is 85.8 Å². The van der Waals surface area contributed by atoms with Gasteiger partial charge < -0.3 is 20.2 Å². The minimum atomic E-state index is -0.542. The molecule has 0 unspecified atom stereocenters. The van der Waals surface area contributed by atoms with Crippen LogP contribution in [0.25, 0.3) is 0 Å². The largest absolute Gasteiger partial charge is 0.394 e. The van der Waals surface area contributed by atoms with E-state index >= 15 is 0 Å². The molecule has 3 heterocycles. The third kappa shape index (κ3) is 3.20. The molecule has 1 fully saturated rings. The van der Waals surface area contributed by atoms with Crippen molar-refractivity contribution in [2.24, 2.45) is 0 Å². The van der Waals surface area contributed by atoms with Gasteiger partial charge in [0.15, 0.2) is 0 Å². The van der Waals surface area contributed by atoms with E-state index in [0.717, 1.165) is 11.3 Å². The van der Waals surface area contributed by atoms with Gasteiger partial charge in [-0.3, -0.25) is 9.78 Å². The van der Waals surface area contributed by atoms with Gasteiger partial charge in [-0.05, 0) is 35.9 Å². The number of para-hydroxylation sites is 2. The van der Waals surface area contributed by atoms with E-state index in [1.165, 1.54) is 17.0 Å². The van der Waals surface area contributed by atoms with Crippen LogP contribution in [0.5, 0.6) is 0 Å². The molecule has 2 N–H and O–H groups in total. The van der Waals surface area contributed by atoms with Crippen molar-refractivity contribution in [2.45, 2.75) is 18.0 Å². The van der Waals surface area contributed by atoms with Crippen LogP contribution < -0.4 is 10.2 Å². The van der Waals surface area contributed by atoms with Gasteiger partial charge in [-0.1, -0.05) is 36.4 Å². The van der Waals surface area contributed by atoms with E-state index in [4.69, 9.17) is 0 Å². The number of rotatable bonds is 3. The summed E-state index contributed by atoms with van der Waals surface area (Å²) < 4.78 is 14.1. The van der Waals surface area contributed by atoms with Crippen LogP contribution in [0.15, 0.2) is 72.9 Å². The number of amides is 3. The molecule has 0 radical (unpaired) electrons. The van der Waals surface area contributed by atoms with E-state index in [1.54, 1.807) is 41.4 Å². The molecule has 0 spiro atoms. The first-order valence-corrected chi connectivity index (χ1v) is 10.4. The Morgan fingerprint density at radius 2 is 1.81 bits per heavy atom. The smallest absolute Gasteiger partial charge is 0.322 e. The molecule has 0 saturated carbocycles. The average Bonchev–Trinajstić information content (AvgIpc) is 2.81. The molecule has 32 heavy (non-hydrogen) atoms. The van der Waals surface area contributed by atoms with Crippen molar-refractivity contribution < 1.29 is 19.1 Å². The number of urea groups is 1. The number of aromatic nitrogens is 1. The fraction of sp³-hybridized carbons (Fsp3) is 0.208. The van der Waals surface area contributed by atoms with E-state index in [-0.39, 0.29) is 36.7 Å². The summed E-state index contributed by atoms with van der Waals surface area (Å²) in [6.45, 7) is 0.00661. The second kappa shape index (κ2) is 8.05. The van der Waals surface area contributed by atoms with E-state index in [2.05, 4.69) is 10.3 Å². The highest BCUT2D eigenvalue weighted by Crippen LogP contribution is 2.48. The summed E-state index contributed by atoms with van der Waals surface area (Å²) in [6.07, 6.45) is 1.56. The average molecular weight is 432 g/mol. The van der Waals surface area contributed by atoms with Crippen LogP contribution in [0.3, 0.4) is 0 Å². The molecular formula is C24H21FN4O3. The number of carbonyl (C=O) groups is 2. The molecule has 0 aliphatic carbocycles. The standard InChI is InChI=1S/C24H21FN4O3/c25-16-8-2-3-9-17(16)27-24(32)29-20-13-28(23(31)18-10-5-6-12-26-18)19-11-4-1-7-15(19)22(20)21(29)14-30/h1-12,20-22,30H,13-14H2,(H,27,32)/t20-,21-,22+/m0/s1. The second-order valence-corrected chi connectivity index (χ2v) is 7.85. The van der Waals surface area contributed by atoms with Crippen LogP contribution in [-0.2, 0) is 0 Å². The van der Waals surface area contributed by atoms with E-state index in [1.807, 2.05) is 24.3 Å². The Morgan fingerprint density at radius 3 is 2.56 bits per heavy atom. The highest BCUT2D eigenvalue weighted by atomic mass is 19.1. The Hall–Kier alpha value is -3.78. The minimum absolute atomic E-state index is 0.0651. The van der Waals surface area contributed by atoms with Gasteiger partial charge in [0, 0.05) is 24.3 Å². The number of fused-ring (bicyclic) bond motifs is 3. The number of halogens is 1. The van der Waals surface area contributed by atoms with Gasteiger partial charge in [0.25, 0.3) is 5.91 Å². The molecule has 2 aromatic carbocycles. The summed E-state index contributed by atoms with van der Waals surface area (Å²) in [6, 6.07) is 17.2. The number of nitrogens with one attached hydrogen (secondary N) is 1. The molecule has 3 aromatic rings. The molecule has 5 rings (SSSR count). The Balaban J connectivity index is 1.48. The van der Waals surface area contributed by atoms with Crippen molar-refractivity contribution in [1.29, 1.82) is 0 Å². The Morgan fingerprint density at radius 1 is 1.06 bits per heavy atom. The number of likely N-dealkylation sites (tertiary alicyclic amines) is 1. The SMILES string of the molecule is O=C(c1ccccn1)N1C[C@H]2[C@@H](c3ccccc31)[C@H](CO)N2C(=O)Nc1ccccc1F. The van der Waals surface area contributed by atoms with Crippen LogP contribution in [0.2, 0.25) is 0 Å². The summed E-state index contributed by atoms with van der Waals surface area (Å²) >= 11 is 0. The first-order chi connectivity index (χ1) is 15.6. The molecule has 7 nitrogen and oxygen atoms in total. The molecular weight excluding hydrogens is 411 g/mol. The van der Waals surface area contributed by atoms with Crippen molar-refractivity contribution in [3.8, 4) is 0 Å². The van der Waals surface area contributed by atoms with Gasteiger partial charge in [0.2, 0.25) is 0 Å². The summed E-state index contributed by atoms with van der Waals surface area (Å²) in [5, 5.41) is 12.7. The van der Waals surface area contributed by atoms with Crippen molar-refractivity contribution >= 4 is 23.3 Å². The number of aliphatic hydroxyl groups is 1. The number of pyridine rings is 1. The number of carbonyl (C=O) groups excluding carboxylic acids is 2. The summed E-state index contributed by atoms with van der Waals surface area (Å²) in [5.74, 6) is -0.937. The summed E-state index contributed by atoms with van der Waals surface area (Å²) in [5.41, 5.74) is 2.01. The number of benzene rings is 2. The van der Waals surface area contributed by atoms with Crippen LogP contribution in [0.1, 0.15) is 22.0 Å². The lowest BCUT2D eigenvalue weighted by molar-refractivity contribution is -0.00269. The zero-order valence-electron chi connectivity index (χ0n) is 17.1. The first-order valence-electron chi connectivity index (χ1n) is 10.4. The highest BCUT2D eigenvalue weighted by molar-refractivity contribution is 6.06. The van der Waals surface area contributed by atoms with Gasteiger partial charge in [-0.15, -0.1) is 0 Å². The Bertz CT molecular complexity index is 1170. The third-order valence-electron chi connectivity index (χ3n) is 6.17. The van der Waals surface area contributed by atoms with Crippen molar-refractivity contribution in [1.82, 2.24) is 9.88 Å². The highest BCUT2D eigenvalue weighted by Gasteiger charge is 2.55. The maximum absolute atomic E-state index is 14.1. The predicted molar refractivity (Wildman–Crippen MR) is 117 cm³/mol. The number of nitrogens with zero attached hydrogens (tertiary/aromatic N) is 3. The van der Waals surface area contributed by atoms with E-state index < -0.39 is 17.9 Å². The number of aliphatic hydroxyl groups excluding tert-OH is 1. The van der Waals surface area contributed by atoms with E-state index in [9.17, 15) is 19.1 Å². The van der Waals surface area contributed by atoms with Gasteiger partial charge >= 0.3 is 6.03 Å². The van der Waals surface area contributed by atoms with Crippen LogP contribution in [0, 0.1) is 5.82 Å². The molecule has 8 heteroatoms. The summed E-state index contributed by atoms with van der Waals surface area (Å²) in [4.78, 5) is 33.6. The van der Waals surface area contributed by atoms with Gasteiger partial charge in [0.05, 0.1) is 24.4 Å². The molecule has 162 valence electrons. The minimum Gasteiger partial charge on any atom is -0.394 e. The summed E-state index contributed by atoms with van der Waals surface area (Å²) in [7, 11) is 0. The maximum Gasteiger partial charge on any atom is 0.322 e. The molecule has 1 saturated heterocycles. The fourth-order valence-electron chi connectivity index (χ4n) is 4.73. The molecule has 1 aromatic heterocycles. The zero-order chi connectivity index (χ0) is 22.2. The van der Waals surface area contributed by atoms with E-state index in [0.29, 0.717) is 5.69 Å². The Kier molecular flexibility index (Phi) is 5.07. The lowest BCUT2D eigenvalue weighted by Crippen LogP contribution is -2.71. The van der Waals surface area contributed by atoms with Crippen molar-refractivity contribution in [3.05, 3.63) is 90.0 Å². The molecule has 3 atom stereocenters. The maximum atomic E-state index is 14.1. The fourth-order valence-corrected chi connectivity index (χ4v) is 4.73. The molecule has 0 bridgehead atoms. The second-order valence-electron chi connectivity index (χ2n) is 7.85. The van der Waals surface area contributed by atoms with Crippen molar-refractivity contribution in [3.63, 3.8) is 0 Å². The van der Waals surface area contributed by atoms with Crippen molar-refractivity contribution in [2.75, 3.05) is 23.4 Å². The lowest BCUT2D eigenvalue weighted by atomic mass is 9.72. The van der Waals surface area contributed by atoms with Gasteiger partial charge in [0.1, 0.15) is 11.5 Å². The van der Waals surface area contributed by atoms with Crippen LogP contribution in [0.4, 0.5) is 20.6 Å². The third-order valence-corrected chi connectivity index (χ3v) is 6.17. The quantitative estimate of drug-likeness (QED) is 0.665. The van der Waals surface area contributed by atoms with Crippen LogP contribution >= 0.6 is 0 Å².